The second-order valence-corrected chi connectivity index (χ2v) is 8.84. The van der Waals surface area contributed by atoms with Crippen molar-refractivity contribution in [2.24, 2.45) is 5.92 Å². The lowest BCUT2D eigenvalue weighted by molar-refractivity contribution is -0.138. The van der Waals surface area contributed by atoms with Crippen LogP contribution in [0.25, 0.3) is 10.1 Å². The van der Waals surface area contributed by atoms with E-state index in [1.54, 1.807) is 4.90 Å². The Morgan fingerprint density at radius 2 is 2.07 bits per heavy atom. The van der Waals surface area contributed by atoms with E-state index < -0.39 is 12.1 Å². The highest BCUT2D eigenvalue weighted by Crippen LogP contribution is 2.35. The van der Waals surface area contributed by atoms with Crippen molar-refractivity contribution in [2.45, 2.75) is 43.9 Å². The fourth-order valence-electron chi connectivity index (χ4n) is 4.34. The lowest BCUT2D eigenvalue weighted by atomic mass is 10.1. The average molecular weight is 398 g/mol. The number of hydrogen-bond acceptors (Lipinski definition) is 5. The van der Waals surface area contributed by atoms with Crippen LogP contribution in [0, 0.1) is 5.92 Å². The van der Waals surface area contributed by atoms with E-state index in [4.69, 9.17) is 4.74 Å². The number of nitrogens with one attached hydrogen (secondary N) is 1. The maximum absolute atomic E-state index is 13.3. The Morgan fingerprint density at radius 1 is 1.25 bits per heavy atom. The lowest BCUT2D eigenvalue weighted by Gasteiger charge is -2.27. The maximum atomic E-state index is 13.3. The van der Waals surface area contributed by atoms with E-state index >= 15 is 0 Å². The number of likely N-dealkylation sites (tertiary alicyclic amines) is 1. The van der Waals surface area contributed by atoms with Gasteiger partial charge >= 0.3 is 0 Å². The third-order valence-corrected chi connectivity index (χ3v) is 6.95. The summed E-state index contributed by atoms with van der Waals surface area (Å²) in [6.07, 6.45) is 3.32. The molecule has 2 aromatic rings. The Bertz CT molecular complexity index is 951. The molecule has 3 heterocycles. The number of Topliss-reactive ketones (excluding diaryl/α,β-unsaturated/α-hetero) is 1. The normalized spacial score (nSPS) is 25.1. The number of rotatable bonds is 5. The van der Waals surface area contributed by atoms with Gasteiger partial charge in [0.2, 0.25) is 5.91 Å². The molecule has 1 aromatic carbocycles. The molecule has 0 spiro atoms. The summed E-state index contributed by atoms with van der Waals surface area (Å²) in [6.45, 7) is 0.595. The van der Waals surface area contributed by atoms with E-state index in [-0.39, 0.29) is 30.3 Å². The number of benzene rings is 1. The Morgan fingerprint density at radius 3 is 2.89 bits per heavy atom. The largest absolute Gasteiger partial charge is 0.368 e. The second kappa shape index (κ2) is 6.97. The van der Waals surface area contributed by atoms with Crippen LogP contribution in [-0.4, -0.2) is 53.8 Å². The van der Waals surface area contributed by atoms with Gasteiger partial charge in [-0.1, -0.05) is 31.0 Å². The summed E-state index contributed by atoms with van der Waals surface area (Å²) in [5.41, 5.74) is 0.605. The van der Waals surface area contributed by atoms with Crippen LogP contribution in [0.5, 0.6) is 0 Å². The molecule has 1 saturated carbocycles. The van der Waals surface area contributed by atoms with Gasteiger partial charge in [-0.25, -0.2) is 0 Å². The molecule has 3 fully saturated rings. The number of carbonyl (C=O) groups is 3. The van der Waals surface area contributed by atoms with Crippen molar-refractivity contribution in [1.29, 1.82) is 0 Å². The molecule has 6 nitrogen and oxygen atoms in total. The van der Waals surface area contributed by atoms with Crippen molar-refractivity contribution < 1.29 is 19.1 Å². The maximum Gasteiger partial charge on any atom is 0.253 e. The van der Waals surface area contributed by atoms with Crippen LogP contribution in [-0.2, 0) is 14.3 Å². The summed E-state index contributed by atoms with van der Waals surface area (Å²) < 4.78 is 6.55. The van der Waals surface area contributed by atoms with Crippen LogP contribution >= 0.6 is 11.3 Å². The summed E-state index contributed by atoms with van der Waals surface area (Å²) in [4.78, 5) is 40.1. The first-order valence-corrected chi connectivity index (χ1v) is 10.7. The van der Waals surface area contributed by atoms with Gasteiger partial charge in [-0.15, -0.1) is 11.3 Å². The second-order valence-electron chi connectivity index (χ2n) is 7.93. The first-order valence-electron chi connectivity index (χ1n) is 9.83. The summed E-state index contributed by atoms with van der Waals surface area (Å²) >= 11 is 1.52. The number of ketones is 1. The van der Waals surface area contributed by atoms with Gasteiger partial charge in [-0.2, -0.15) is 0 Å². The van der Waals surface area contributed by atoms with E-state index in [0.717, 1.165) is 22.9 Å². The number of nitrogens with zero attached hydrogens (tertiary/aromatic N) is 1. The Kier molecular flexibility index (Phi) is 4.44. The zero-order valence-electron chi connectivity index (χ0n) is 15.4. The molecule has 5 rings (SSSR count). The fourth-order valence-corrected chi connectivity index (χ4v) is 5.28. The SMILES string of the molecule is O=C(NC(CC1CC1)C(=O)N1CCC2OCC(=O)C21)c1csc2ccccc12. The predicted molar refractivity (Wildman–Crippen MR) is 105 cm³/mol. The van der Waals surface area contributed by atoms with Gasteiger partial charge in [0.05, 0.1) is 11.7 Å². The average Bonchev–Trinajstić information content (AvgIpc) is 3.11. The first-order chi connectivity index (χ1) is 13.6. The third-order valence-electron chi connectivity index (χ3n) is 5.99. The molecule has 2 aliphatic heterocycles. The smallest absolute Gasteiger partial charge is 0.253 e. The van der Waals surface area contributed by atoms with Crippen LogP contribution in [0.15, 0.2) is 29.6 Å². The van der Waals surface area contributed by atoms with Crippen LogP contribution in [0.1, 0.15) is 36.0 Å². The summed E-state index contributed by atoms with van der Waals surface area (Å²) in [7, 11) is 0. The van der Waals surface area contributed by atoms with Gasteiger partial charge in [0, 0.05) is 22.0 Å². The van der Waals surface area contributed by atoms with Crippen molar-refractivity contribution >= 4 is 39.0 Å². The minimum absolute atomic E-state index is 0.0313. The quantitative estimate of drug-likeness (QED) is 0.839. The Labute approximate surface area is 166 Å². The van der Waals surface area contributed by atoms with Gasteiger partial charge in [0.1, 0.15) is 18.7 Å². The van der Waals surface area contributed by atoms with Crippen molar-refractivity contribution in [3.63, 3.8) is 0 Å². The van der Waals surface area contributed by atoms with E-state index in [2.05, 4.69) is 5.32 Å². The molecule has 0 bridgehead atoms. The molecule has 1 aliphatic carbocycles. The first kappa shape index (κ1) is 17.8. The highest BCUT2D eigenvalue weighted by molar-refractivity contribution is 7.17. The highest BCUT2D eigenvalue weighted by Gasteiger charge is 2.48. The summed E-state index contributed by atoms with van der Waals surface area (Å²) in [6, 6.07) is 6.70. The lowest BCUT2D eigenvalue weighted by Crippen LogP contribution is -2.52. The highest BCUT2D eigenvalue weighted by atomic mass is 32.1. The minimum atomic E-state index is -0.592. The molecule has 3 atom stereocenters. The summed E-state index contributed by atoms with van der Waals surface area (Å²) in [5.74, 6) is 0.0749. The molecular formula is C21H22N2O4S. The zero-order chi connectivity index (χ0) is 19.3. The Balaban J connectivity index is 1.37. The van der Waals surface area contributed by atoms with Gasteiger partial charge in [-0.05, 0) is 24.8 Å². The van der Waals surface area contributed by atoms with Gasteiger partial charge in [-0.3, -0.25) is 14.4 Å². The topological polar surface area (TPSA) is 75.7 Å². The molecule has 2 amide bonds. The number of ether oxygens (including phenoxy) is 1. The fraction of sp³-hybridized carbons (Fsp3) is 0.476. The van der Waals surface area contributed by atoms with E-state index in [1.165, 1.54) is 11.3 Å². The predicted octanol–water partition coefficient (Wildman–Crippen LogP) is 2.37. The molecule has 146 valence electrons. The molecule has 7 heteroatoms. The van der Waals surface area contributed by atoms with Crippen molar-refractivity contribution in [3.05, 3.63) is 35.2 Å². The van der Waals surface area contributed by atoms with Gasteiger partial charge < -0.3 is 15.0 Å². The van der Waals surface area contributed by atoms with Gasteiger partial charge in [0.15, 0.2) is 5.78 Å². The molecular weight excluding hydrogens is 376 g/mol. The number of fused-ring (bicyclic) bond motifs is 2. The van der Waals surface area contributed by atoms with Crippen LogP contribution in [0.3, 0.4) is 0 Å². The number of amides is 2. The van der Waals surface area contributed by atoms with E-state index in [1.807, 2.05) is 29.6 Å². The molecule has 28 heavy (non-hydrogen) atoms. The molecule has 1 N–H and O–H groups in total. The molecule has 1 aromatic heterocycles. The van der Waals surface area contributed by atoms with Crippen molar-refractivity contribution in [3.8, 4) is 0 Å². The standard InChI is InChI=1S/C21H22N2O4S/c24-16-10-27-17-7-8-23(19(16)17)21(26)15(9-12-5-6-12)22-20(25)14-11-28-18-4-2-1-3-13(14)18/h1-4,11-12,15,17,19H,5-10H2,(H,22,25). The molecule has 3 unspecified atom stereocenters. The number of thiophene rings is 1. The van der Waals surface area contributed by atoms with Crippen LogP contribution in [0.2, 0.25) is 0 Å². The molecule has 2 saturated heterocycles. The zero-order valence-corrected chi connectivity index (χ0v) is 16.2. The van der Waals surface area contributed by atoms with Crippen LogP contribution < -0.4 is 5.32 Å². The van der Waals surface area contributed by atoms with E-state index in [9.17, 15) is 14.4 Å². The Hall–Kier alpha value is -2.25. The number of hydrogen-bond donors (Lipinski definition) is 1. The molecule has 0 radical (unpaired) electrons. The third kappa shape index (κ3) is 3.12. The number of carbonyl (C=O) groups excluding carboxylic acids is 3. The van der Waals surface area contributed by atoms with Crippen molar-refractivity contribution in [1.82, 2.24) is 10.2 Å². The van der Waals surface area contributed by atoms with Crippen LogP contribution in [0.4, 0.5) is 0 Å². The molecule has 3 aliphatic rings. The minimum Gasteiger partial charge on any atom is -0.368 e. The van der Waals surface area contributed by atoms with E-state index in [0.29, 0.717) is 30.9 Å². The van der Waals surface area contributed by atoms with Crippen molar-refractivity contribution in [2.75, 3.05) is 13.2 Å². The monoisotopic (exact) mass is 398 g/mol. The van der Waals surface area contributed by atoms with Gasteiger partial charge in [0.25, 0.3) is 5.91 Å². The summed E-state index contributed by atoms with van der Waals surface area (Å²) in [5, 5.41) is 5.73.